The Labute approximate surface area is 76.6 Å². The molecule has 0 saturated carbocycles. The SMILES string of the molecule is COC(=O)C1=CC(N)=C(C=N)CC1. The third kappa shape index (κ3) is 1.96. The summed E-state index contributed by atoms with van der Waals surface area (Å²) in [6.45, 7) is 0. The minimum atomic E-state index is -0.341. The van der Waals surface area contributed by atoms with Crippen LogP contribution in [0.15, 0.2) is 22.9 Å². The summed E-state index contributed by atoms with van der Waals surface area (Å²) in [7, 11) is 1.34. The lowest BCUT2D eigenvalue weighted by Gasteiger charge is -2.13. The lowest BCUT2D eigenvalue weighted by molar-refractivity contribution is -0.136. The molecule has 0 bridgehead atoms. The topological polar surface area (TPSA) is 76.2 Å². The number of allylic oxidation sites excluding steroid dienone is 2. The first-order valence-corrected chi connectivity index (χ1v) is 3.97. The van der Waals surface area contributed by atoms with Crippen molar-refractivity contribution in [2.75, 3.05) is 7.11 Å². The summed E-state index contributed by atoms with van der Waals surface area (Å²) in [5.74, 6) is -0.341. The van der Waals surface area contributed by atoms with Crippen LogP contribution in [-0.2, 0) is 9.53 Å². The summed E-state index contributed by atoms with van der Waals surface area (Å²) < 4.78 is 4.56. The molecule has 1 rings (SSSR count). The molecule has 0 heterocycles. The van der Waals surface area contributed by atoms with Crippen LogP contribution in [0.1, 0.15) is 12.8 Å². The van der Waals surface area contributed by atoms with E-state index in [2.05, 4.69) is 4.74 Å². The van der Waals surface area contributed by atoms with Crippen LogP contribution in [0.5, 0.6) is 0 Å². The molecule has 0 amide bonds. The normalized spacial score (nSPS) is 16.5. The average molecular weight is 180 g/mol. The van der Waals surface area contributed by atoms with Gasteiger partial charge >= 0.3 is 5.97 Å². The van der Waals surface area contributed by atoms with E-state index in [9.17, 15) is 4.79 Å². The zero-order valence-corrected chi connectivity index (χ0v) is 7.46. The molecule has 0 aromatic heterocycles. The highest BCUT2D eigenvalue weighted by Crippen LogP contribution is 2.20. The molecule has 0 aliphatic heterocycles. The molecule has 0 saturated heterocycles. The fraction of sp³-hybridized carbons (Fsp3) is 0.333. The predicted molar refractivity (Wildman–Crippen MR) is 49.3 cm³/mol. The largest absolute Gasteiger partial charge is 0.466 e. The van der Waals surface area contributed by atoms with Gasteiger partial charge in [0, 0.05) is 17.5 Å². The molecular formula is C9H12N2O2. The number of esters is 1. The van der Waals surface area contributed by atoms with Gasteiger partial charge < -0.3 is 15.9 Å². The van der Waals surface area contributed by atoms with Crippen molar-refractivity contribution in [2.45, 2.75) is 12.8 Å². The Hall–Kier alpha value is -1.58. The molecular weight excluding hydrogens is 168 g/mol. The van der Waals surface area contributed by atoms with Crippen LogP contribution in [0.4, 0.5) is 0 Å². The van der Waals surface area contributed by atoms with Gasteiger partial charge in [0.25, 0.3) is 0 Å². The summed E-state index contributed by atoms with van der Waals surface area (Å²) in [4.78, 5) is 11.1. The van der Waals surface area contributed by atoms with E-state index in [0.29, 0.717) is 24.1 Å². The van der Waals surface area contributed by atoms with Gasteiger partial charge in [-0.15, -0.1) is 0 Å². The van der Waals surface area contributed by atoms with Crippen molar-refractivity contribution in [3.8, 4) is 0 Å². The first kappa shape index (κ1) is 9.51. The molecule has 0 atom stereocenters. The van der Waals surface area contributed by atoms with Crippen molar-refractivity contribution < 1.29 is 9.53 Å². The second-order valence-electron chi connectivity index (χ2n) is 2.79. The summed E-state index contributed by atoms with van der Waals surface area (Å²) in [6, 6.07) is 0. The lowest BCUT2D eigenvalue weighted by atomic mass is 9.97. The quantitative estimate of drug-likeness (QED) is 0.486. The van der Waals surface area contributed by atoms with Gasteiger partial charge in [-0.25, -0.2) is 4.79 Å². The zero-order valence-electron chi connectivity index (χ0n) is 7.46. The smallest absolute Gasteiger partial charge is 0.333 e. The van der Waals surface area contributed by atoms with Crippen LogP contribution < -0.4 is 5.73 Å². The average Bonchev–Trinajstić information content (AvgIpc) is 2.16. The zero-order chi connectivity index (χ0) is 9.84. The summed E-state index contributed by atoms with van der Waals surface area (Å²) >= 11 is 0. The number of rotatable bonds is 2. The molecule has 1 aliphatic rings. The Kier molecular flexibility index (Phi) is 2.84. The van der Waals surface area contributed by atoms with Crippen LogP contribution in [0, 0.1) is 5.41 Å². The fourth-order valence-corrected chi connectivity index (χ4v) is 1.21. The number of ether oxygens (including phenoxy) is 1. The maximum absolute atomic E-state index is 11.1. The molecule has 4 heteroatoms. The number of nitrogens with two attached hydrogens (primary N) is 1. The number of carbonyl (C=O) groups is 1. The van der Waals surface area contributed by atoms with Gasteiger partial charge in [-0.1, -0.05) is 0 Å². The Balaban J connectivity index is 2.89. The molecule has 0 aromatic rings. The van der Waals surface area contributed by atoms with Crippen LogP contribution in [0.3, 0.4) is 0 Å². The highest BCUT2D eigenvalue weighted by Gasteiger charge is 2.15. The number of hydrogen-bond acceptors (Lipinski definition) is 4. The monoisotopic (exact) mass is 180 g/mol. The maximum Gasteiger partial charge on any atom is 0.333 e. The third-order valence-electron chi connectivity index (χ3n) is 1.99. The molecule has 3 N–H and O–H groups in total. The molecule has 0 radical (unpaired) electrons. The van der Waals surface area contributed by atoms with E-state index >= 15 is 0 Å². The van der Waals surface area contributed by atoms with E-state index in [1.54, 1.807) is 6.08 Å². The summed E-state index contributed by atoms with van der Waals surface area (Å²) in [6.07, 6.45) is 4.03. The van der Waals surface area contributed by atoms with Crippen molar-refractivity contribution in [3.63, 3.8) is 0 Å². The second-order valence-corrected chi connectivity index (χ2v) is 2.79. The standard InChI is InChI=1S/C9H12N2O2/c1-13-9(12)6-2-3-7(5-10)8(11)4-6/h4-5,10H,2-3,11H2,1H3. The minimum absolute atomic E-state index is 0.341. The molecule has 13 heavy (non-hydrogen) atoms. The van der Waals surface area contributed by atoms with Gasteiger partial charge in [-0.3, -0.25) is 0 Å². The van der Waals surface area contributed by atoms with Gasteiger partial charge in [0.1, 0.15) is 0 Å². The minimum Gasteiger partial charge on any atom is -0.466 e. The summed E-state index contributed by atoms with van der Waals surface area (Å²) in [5.41, 5.74) is 7.45. The molecule has 70 valence electrons. The van der Waals surface area contributed by atoms with Gasteiger partial charge in [0.15, 0.2) is 0 Å². The van der Waals surface area contributed by atoms with Crippen LogP contribution >= 0.6 is 0 Å². The Bertz CT molecular complexity index is 303. The lowest BCUT2D eigenvalue weighted by Crippen LogP contribution is -2.13. The van der Waals surface area contributed by atoms with Gasteiger partial charge in [0.05, 0.1) is 7.11 Å². The Morgan fingerprint density at radius 2 is 2.38 bits per heavy atom. The first-order chi connectivity index (χ1) is 6.19. The van der Waals surface area contributed by atoms with E-state index in [1.165, 1.54) is 13.3 Å². The van der Waals surface area contributed by atoms with Crippen LogP contribution in [0.25, 0.3) is 0 Å². The van der Waals surface area contributed by atoms with Crippen molar-refractivity contribution in [2.24, 2.45) is 5.73 Å². The number of hydrogen-bond donors (Lipinski definition) is 2. The second kappa shape index (κ2) is 3.89. The summed E-state index contributed by atoms with van der Waals surface area (Å²) in [5, 5.41) is 7.04. The Morgan fingerprint density at radius 3 is 2.85 bits per heavy atom. The molecule has 0 spiro atoms. The van der Waals surface area contributed by atoms with Crippen molar-refractivity contribution >= 4 is 12.2 Å². The van der Waals surface area contributed by atoms with Crippen LogP contribution in [-0.4, -0.2) is 19.3 Å². The van der Waals surface area contributed by atoms with E-state index in [0.717, 1.165) is 5.57 Å². The van der Waals surface area contributed by atoms with Crippen molar-refractivity contribution in [3.05, 3.63) is 22.9 Å². The van der Waals surface area contributed by atoms with Gasteiger partial charge in [0.2, 0.25) is 0 Å². The third-order valence-corrected chi connectivity index (χ3v) is 1.99. The Morgan fingerprint density at radius 1 is 1.69 bits per heavy atom. The van der Waals surface area contributed by atoms with Crippen molar-refractivity contribution in [1.82, 2.24) is 0 Å². The van der Waals surface area contributed by atoms with Crippen molar-refractivity contribution in [1.29, 1.82) is 5.41 Å². The molecule has 0 fully saturated rings. The molecule has 0 unspecified atom stereocenters. The number of carbonyl (C=O) groups excluding carboxylic acids is 1. The highest BCUT2D eigenvalue weighted by molar-refractivity contribution is 5.91. The van der Waals surface area contributed by atoms with Gasteiger partial charge in [-0.2, -0.15) is 0 Å². The van der Waals surface area contributed by atoms with E-state index in [1.807, 2.05) is 0 Å². The molecule has 1 aliphatic carbocycles. The van der Waals surface area contributed by atoms with Gasteiger partial charge in [-0.05, 0) is 24.5 Å². The number of nitrogens with one attached hydrogen (secondary N) is 1. The van der Waals surface area contributed by atoms with E-state index in [4.69, 9.17) is 11.1 Å². The van der Waals surface area contributed by atoms with Crippen LogP contribution in [0.2, 0.25) is 0 Å². The highest BCUT2D eigenvalue weighted by atomic mass is 16.5. The predicted octanol–water partition coefficient (Wildman–Crippen LogP) is 0.742. The van der Waals surface area contributed by atoms with E-state index < -0.39 is 0 Å². The number of methoxy groups -OCH3 is 1. The molecule has 0 aromatic carbocycles. The first-order valence-electron chi connectivity index (χ1n) is 3.97. The molecule has 4 nitrogen and oxygen atoms in total. The fourth-order valence-electron chi connectivity index (χ4n) is 1.21. The van der Waals surface area contributed by atoms with E-state index in [-0.39, 0.29) is 5.97 Å². The maximum atomic E-state index is 11.1.